The van der Waals surface area contributed by atoms with Gasteiger partial charge in [-0.25, -0.2) is 9.97 Å². The lowest BCUT2D eigenvalue weighted by atomic mass is 10.1. The van der Waals surface area contributed by atoms with E-state index in [4.69, 9.17) is 18.0 Å². The zero-order valence-corrected chi connectivity index (χ0v) is 13.6. The van der Waals surface area contributed by atoms with Gasteiger partial charge in [0.15, 0.2) is 0 Å². The molecular formula is C13H20N4OS2. The van der Waals surface area contributed by atoms with E-state index in [0.29, 0.717) is 22.5 Å². The molecule has 0 aliphatic carbocycles. The Morgan fingerprint density at radius 2 is 2.30 bits per heavy atom. The van der Waals surface area contributed by atoms with Crippen LogP contribution in [0.4, 0.5) is 5.82 Å². The summed E-state index contributed by atoms with van der Waals surface area (Å²) in [5.41, 5.74) is 5.74. The number of anilines is 1. The molecule has 0 spiro atoms. The Balaban J connectivity index is 2.22. The molecule has 1 aromatic rings. The van der Waals surface area contributed by atoms with Crippen molar-refractivity contribution in [1.82, 2.24) is 14.9 Å². The number of aromatic nitrogens is 2. The summed E-state index contributed by atoms with van der Waals surface area (Å²) < 4.78 is 0.702. The first-order valence-electron chi connectivity index (χ1n) is 6.64. The van der Waals surface area contributed by atoms with E-state index in [2.05, 4.69) is 16.9 Å². The Morgan fingerprint density at radius 1 is 1.60 bits per heavy atom. The number of nitrogen functional groups attached to an aromatic ring is 1. The van der Waals surface area contributed by atoms with E-state index < -0.39 is 5.72 Å². The van der Waals surface area contributed by atoms with Gasteiger partial charge in [0.05, 0.1) is 11.8 Å². The molecule has 20 heavy (non-hydrogen) atoms. The SMILES string of the molecule is CCCC1SC(=S)N(Cc2cnc(C)nc2N)C1(C)O. The highest BCUT2D eigenvalue weighted by atomic mass is 32.2. The largest absolute Gasteiger partial charge is 0.383 e. The van der Waals surface area contributed by atoms with Crippen molar-refractivity contribution in [1.29, 1.82) is 0 Å². The first-order chi connectivity index (χ1) is 9.36. The van der Waals surface area contributed by atoms with E-state index in [1.807, 2.05) is 11.8 Å². The van der Waals surface area contributed by atoms with E-state index in [1.165, 1.54) is 0 Å². The third-order valence-corrected chi connectivity index (χ3v) is 5.42. The Bertz CT molecular complexity index is 521. The van der Waals surface area contributed by atoms with Crippen LogP contribution in [0.5, 0.6) is 0 Å². The van der Waals surface area contributed by atoms with Gasteiger partial charge in [-0.15, -0.1) is 0 Å². The lowest BCUT2D eigenvalue weighted by Gasteiger charge is -2.34. The minimum absolute atomic E-state index is 0.0904. The van der Waals surface area contributed by atoms with Crippen LogP contribution >= 0.6 is 24.0 Å². The number of rotatable bonds is 4. The zero-order chi connectivity index (χ0) is 14.9. The number of nitrogens with zero attached hydrogens (tertiary/aromatic N) is 3. The molecule has 5 nitrogen and oxygen atoms in total. The number of hydrogen-bond donors (Lipinski definition) is 2. The van der Waals surface area contributed by atoms with Crippen molar-refractivity contribution in [3.05, 3.63) is 17.6 Å². The predicted octanol–water partition coefficient (Wildman–Crippen LogP) is 2.08. The molecule has 2 atom stereocenters. The molecule has 1 fully saturated rings. The summed E-state index contributed by atoms with van der Waals surface area (Å²) in [5.74, 6) is 1.08. The molecule has 7 heteroatoms. The van der Waals surface area contributed by atoms with Crippen LogP contribution < -0.4 is 5.73 Å². The molecule has 2 heterocycles. The van der Waals surface area contributed by atoms with E-state index in [1.54, 1.807) is 24.9 Å². The second-order valence-electron chi connectivity index (χ2n) is 5.17. The molecule has 1 aliphatic heterocycles. The van der Waals surface area contributed by atoms with Gasteiger partial charge >= 0.3 is 0 Å². The summed E-state index contributed by atoms with van der Waals surface area (Å²) in [5, 5.41) is 10.8. The molecule has 0 saturated carbocycles. The summed E-state index contributed by atoms with van der Waals surface area (Å²) >= 11 is 6.96. The first-order valence-corrected chi connectivity index (χ1v) is 7.93. The quantitative estimate of drug-likeness (QED) is 0.824. The van der Waals surface area contributed by atoms with Crippen LogP contribution in [-0.4, -0.2) is 35.3 Å². The molecule has 1 saturated heterocycles. The van der Waals surface area contributed by atoms with Crippen molar-refractivity contribution in [3.63, 3.8) is 0 Å². The number of thiocarbonyl (C=S) groups is 1. The Morgan fingerprint density at radius 3 is 2.90 bits per heavy atom. The van der Waals surface area contributed by atoms with Crippen molar-refractivity contribution in [2.45, 2.75) is 51.1 Å². The van der Waals surface area contributed by atoms with Crippen LogP contribution in [0.3, 0.4) is 0 Å². The lowest BCUT2D eigenvalue weighted by Crippen LogP contribution is -2.48. The van der Waals surface area contributed by atoms with Gasteiger partial charge in [-0.1, -0.05) is 37.3 Å². The topological polar surface area (TPSA) is 75.3 Å². The van der Waals surface area contributed by atoms with Crippen molar-refractivity contribution >= 4 is 34.1 Å². The number of nitrogens with two attached hydrogens (primary N) is 1. The average Bonchev–Trinajstić information content (AvgIpc) is 2.56. The van der Waals surface area contributed by atoms with E-state index in [-0.39, 0.29) is 5.25 Å². The average molecular weight is 312 g/mol. The lowest BCUT2D eigenvalue weighted by molar-refractivity contribution is -0.0509. The molecule has 0 amide bonds. The monoisotopic (exact) mass is 312 g/mol. The van der Waals surface area contributed by atoms with Crippen molar-refractivity contribution in [3.8, 4) is 0 Å². The molecule has 0 radical (unpaired) electrons. The number of thioether (sulfide) groups is 1. The Kier molecular flexibility index (Phi) is 4.51. The Hall–Kier alpha value is -0.920. The van der Waals surface area contributed by atoms with Gasteiger partial charge in [-0.3, -0.25) is 0 Å². The summed E-state index contributed by atoms with van der Waals surface area (Å²) in [4.78, 5) is 10.1. The van der Waals surface area contributed by atoms with Crippen LogP contribution in [0.1, 0.15) is 38.1 Å². The normalized spacial score (nSPS) is 26.3. The first kappa shape index (κ1) is 15.5. The summed E-state index contributed by atoms with van der Waals surface area (Å²) in [6, 6.07) is 0. The second kappa shape index (κ2) is 5.83. The number of aliphatic hydroxyl groups is 1. The van der Waals surface area contributed by atoms with Crippen LogP contribution in [0, 0.1) is 6.92 Å². The predicted molar refractivity (Wildman–Crippen MR) is 86.2 cm³/mol. The number of aryl methyl sites for hydroxylation is 1. The van der Waals surface area contributed by atoms with Gasteiger partial charge < -0.3 is 15.7 Å². The van der Waals surface area contributed by atoms with Crippen molar-refractivity contribution in [2.75, 3.05) is 5.73 Å². The summed E-state index contributed by atoms with van der Waals surface area (Å²) in [6.45, 7) is 6.15. The highest BCUT2D eigenvalue weighted by Crippen LogP contribution is 2.41. The fourth-order valence-electron chi connectivity index (χ4n) is 2.28. The molecule has 1 aliphatic rings. The van der Waals surface area contributed by atoms with Gasteiger partial charge in [0, 0.05) is 11.8 Å². The molecule has 2 unspecified atom stereocenters. The van der Waals surface area contributed by atoms with Gasteiger partial charge in [0.1, 0.15) is 21.7 Å². The highest BCUT2D eigenvalue weighted by molar-refractivity contribution is 8.23. The smallest absolute Gasteiger partial charge is 0.148 e. The minimum Gasteiger partial charge on any atom is -0.383 e. The maximum atomic E-state index is 10.8. The molecule has 0 aromatic carbocycles. The maximum absolute atomic E-state index is 10.8. The second-order valence-corrected chi connectivity index (χ2v) is 7.01. The summed E-state index contributed by atoms with van der Waals surface area (Å²) in [6.07, 6.45) is 3.64. The summed E-state index contributed by atoms with van der Waals surface area (Å²) in [7, 11) is 0. The van der Waals surface area contributed by atoms with Crippen LogP contribution in [0.15, 0.2) is 6.20 Å². The highest BCUT2D eigenvalue weighted by Gasteiger charge is 2.46. The number of hydrogen-bond acceptors (Lipinski definition) is 6. The van der Waals surface area contributed by atoms with Crippen LogP contribution in [0.25, 0.3) is 0 Å². The molecule has 3 N–H and O–H groups in total. The maximum Gasteiger partial charge on any atom is 0.148 e. The van der Waals surface area contributed by atoms with Gasteiger partial charge in [0.25, 0.3) is 0 Å². The molecule has 0 bridgehead atoms. The van der Waals surface area contributed by atoms with Gasteiger partial charge in [0.2, 0.25) is 0 Å². The van der Waals surface area contributed by atoms with Crippen LogP contribution in [0.2, 0.25) is 0 Å². The molecule has 1 aromatic heterocycles. The molecule has 2 rings (SSSR count). The van der Waals surface area contributed by atoms with Crippen LogP contribution in [-0.2, 0) is 6.54 Å². The van der Waals surface area contributed by atoms with E-state index in [0.717, 1.165) is 18.4 Å². The fourth-order valence-corrected chi connectivity index (χ4v) is 4.20. The van der Waals surface area contributed by atoms with E-state index in [9.17, 15) is 5.11 Å². The third-order valence-electron chi connectivity index (χ3n) is 3.52. The molecular weight excluding hydrogens is 292 g/mol. The van der Waals surface area contributed by atoms with E-state index >= 15 is 0 Å². The van der Waals surface area contributed by atoms with Crippen molar-refractivity contribution < 1.29 is 5.11 Å². The van der Waals surface area contributed by atoms with Gasteiger partial charge in [-0.2, -0.15) is 0 Å². The fraction of sp³-hybridized carbons (Fsp3) is 0.615. The minimum atomic E-state index is -0.963. The van der Waals surface area contributed by atoms with Gasteiger partial charge in [-0.05, 0) is 20.3 Å². The standard InChI is InChI=1S/C13H20N4OS2/c1-4-5-10-13(3,18)17(12(19)20-10)7-9-6-15-8(2)16-11(9)14/h6,10,18H,4-5,7H2,1-3H3,(H2,14,15,16). The zero-order valence-electron chi connectivity index (χ0n) is 12.0. The van der Waals surface area contributed by atoms with Crippen molar-refractivity contribution in [2.24, 2.45) is 0 Å². The Labute approximate surface area is 129 Å². The molecule has 110 valence electrons. The third kappa shape index (κ3) is 2.89.